The molecule has 2 rings (SSSR count). The molecule has 2 N–H and O–H groups in total. The Morgan fingerprint density at radius 2 is 0.938 bits per heavy atom. The van der Waals surface area contributed by atoms with Crippen LogP contribution in [0.2, 0.25) is 0 Å². The van der Waals surface area contributed by atoms with Crippen molar-refractivity contribution in [3.63, 3.8) is 0 Å². The van der Waals surface area contributed by atoms with Gasteiger partial charge in [-0.25, -0.2) is 0 Å². The molecule has 2 aliphatic heterocycles. The van der Waals surface area contributed by atoms with Crippen LogP contribution in [0.5, 0.6) is 0 Å². The summed E-state index contributed by atoms with van der Waals surface area (Å²) in [5.41, 5.74) is 1.91. The number of methoxy groups -OCH3 is 2. The number of piperidine rings is 2. The fourth-order valence-corrected chi connectivity index (χ4v) is 4.14. The molecule has 32 heavy (non-hydrogen) atoms. The van der Waals surface area contributed by atoms with Gasteiger partial charge in [0.2, 0.25) is 0 Å². The number of hydrogen-bond donors (Lipinski definition) is 2. The van der Waals surface area contributed by atoms with E-state index in [0.29, 0.717) is 0 Å². The molecule has 0 aromatic heterocycles. The van der Waals surface area contributed by atoms with Crippen LogP contribution in [0.3, 0.4) is 0 Å². The second-order valence-electron chi connectivity index (χ2n) is 8.83. The quantitative estimate of drug-likeness (QED) is 0.231. The van der Waals surface area contributed by atoms with E-state index in [2.05, 4.69) is 20.1 Å². The van der Waals surface area contributed by atoms with E-state index >= 15 is 0 Å². The average Bonchev–Trinajstić information content (AvgIpc) is 2.84. The summed E-state index contributed by atoms with van der Waals surface area (Å²) < 4.78 is 10.0. The molecule has 0 bridgehead atoms. The number of hydrogen-bond acceptors (Lipinski definition) is 8. The third-order valence-electron chi connectivity index (χ3n) is 6.29. The zero-order chi connectivity index (χ0) is 23.3. The molecule has 0 atom stereocenters. The Morgan fingerprint density at radius 1 is 0.594 bits per heavy atom. The Bertz CT molecular complexity index is 438. The van der Waals surface area contributed by atoms with Gasteiger partial charge in [0.15, 0.2) is 0 Å². The van der Waals surface area contributed by atoms with E-state index in [4.69, 9.17) is 19.9 Å². The highest BCUT2D eigenvalue weighted by atomic mass is 16.5. The van der Waals surface area contributed by atoms with Gasteiger partial charge in [-0.15, -0.1) is 0 Å². The standard InChI is InChI=1S/2C12H24N2O2/c2*1-16-11-5-3-2-4-8-14-9-6-12(13-15)7-10-14/h2*15H,2-11H2,1H3. The molecule has 8 nitrogen and oxygen atoms in total. The normalized spacial score (nSPS) is 17.7. The van der Waals surface area contributed by atoms with E-state index < -0.39 is 0 Å². The molecule has 0 spiro atoms. The third kappa shape index (κ3) is 14.8. The van der Waals surface area contributed by atoms with Crippen LogP contribution >= 0.6 is 0 Å². The highest BCUT2D eigenvalue weighted by Gasteiger charge is 2.15. The van der Waals surface area contributed by atoms with Gasteiger partial charge >= 0.3 is 0 Å². The first-order valence-corrected chi connectivity index (χ1v) is 12.6. The van der Waals surface area contributed by atoms with Crippen LogP contribution < -0.4 is 0 Å². The lowest BCUT2D eigenvalue weighted by Crippen LogP contribution is -2.34. The maximum atomic E-state index is 8.63. The molecule has 8 heteroatoms. The SMILES string of the molecule is COCCCCCCN1CCC(=NO)CC1.COCCCCCCN1CCC(=NO)CC1. The van der Waals surface area contributed by atoms with Gasteiger partial charge < -0.3 is 29.7 Å². The van der Waals surface area contributed by atoms with E-state index in [1.807, 2.05) is 0 Å². The smallest absolute Gasteiger partial charge is 0.0596 e. The number of ether oxygens (including phenoxy) is 2. The van der Waals surface area contributed by atoms with Crippen LogP contribution in [0.25, 0.3) is 0 Å². The molecule has 0 saturated carbocycles. The van der Waals surface area contributed by atoms with Gasteiger partial charge in [0.25, 0.3) is 0 Å². The molecule has 0 aromatic carbocycles. The molecule has 0 aromatic rings. The first-order valence-electron chi connectivity index (χ1n) is 12.6. The maximum absolute atomic E-state index is 8.63. The molecule has 2 saturated heterocycles. The first kappa shape index (κ1) is 28.8. The number of rotatable bonds is 14. The highest BCUT2D eigenvalue weighted by molar-refractivity contribution is 5.85. The van der Waals surface area contributed by atoms with Crippen molar-refractivity contribution in [3.05, 3.63) is 0 Å². The molecule has 0 unspecified atom stereocenters. The van der Waals surface area contributed by atoms with Crippen molar-refractivity contribution in [2.45, 2.75) is 77.0 Å². The van der Waals surface area contributed by atoms with E-state index in [-0.39, 0.29) is 0 Å². The Hall–Kier alpha value is -1.22. The Balaban J connectivity index is 0.000000320. The summed E-state index contributed by atoms with van der Waals surface area (Å²) in [6.07, 6.45) is 13.7. The Morgan fingerprint density at radius 3 is 1.25 bits per heavy atom. The zero-order valence-electron chi connectivity index (χ0n) is 20.6. The Labute approximate surface area is 195 Å². The summed E-state index contributed by atoms with van der Waals surface area (Å²) in [6, 6.07) is 0. The molecule has 0 amide bonds. The van der Waals surface area contributed by atoms with Gasteiger partial charge in [-0.05, 0) is 38.8 Å². The van der Waals surface area contributed by atoms with E-state index in [9.17, 15) is 0 Å². The van der Waals surface area contributed by atoms with Crippen LogP contribution in [0.1, 0.15) is 77.0 Å². The first-order chi connectivity index (χ1) is 15.7. The lowest BCUT2D eigenvalue weighted by atomic mass is 10.1. The second-order valence-corrected chi connectivity index (χ2v) is 8.83. The van der Waals surface area contributed by atoms with Crippen LogP contribution in [-0.4, -0.2) is 98.3 Å². The maximum Gasteiger partial charge on any atom is 0.0596 e. The minimum atomic E-state index is 0.889. The average molecular weight is 457 g/mol. The zero-order valence-corrected chi connectivity index (χ0v) is 20.6. The van der Waals surface area contributed by atoms with Crippen LogP contribution in [0.4, 0.5) is 0 Å². The summed E-state index contributed by atoms with van der Waals surface area (Å²) >= 11 is 0. The molecule has 2 aliphatic rings. The van der Waals surface area contributed by atoms with E-state index in [1.165, 1.54) is 64.5 Å². The summed E-state index contributed by atoms with van der Waals surface area (Å²) in [7, 11) is 3.52. The lowest BCUT2D eigenvalue weighted by molar-refractivity contribution is 0.190. The second kappa shape index (κ2) is 20.4. The van der Waals surface area contributed by atoms with Crippen molar-refractivity contribution in [2.75, 3.05) is 66.7 Å². The van der Waals surface area contributed by atoms with Crippen molar-refractivity contribution in [1.29, 1.82) is 0 Å². The van der Waals surface area contributed by atoms with Crippen LogP contribution in [-0.2, 0) is 9.47 Å². The van der Waals surface area contributed by atoms with Gasteiger partial charge in [0.05, 0.1) is 11.4 Å². The van der Waals surface area contributed by atoms with Crippen molar-refractivity contribution in [3.8, 4) is 0 Å². The van der Waals surface area contributed by atoms with Crippen molar-refractivity contribution >= 4 is 11.4 Å². The molecule has 0 aliphatic carbocycles. The predicted octanol–water partition coefficient (Wildman–Crippen LogP) is 4.24. The molecular weight excluding hydrogens is 408 g/mol. The van der Waals surface area contributed by atoms with Gasteiger partial charge in [-0.1, -0.05) is 36.0 Å². The molecule has 188 valence electrons. The Kier molecular flexibility index (Phi) is 18.4. The largest absolute Gasteiger partial charge is 0.411 e. The van der Waals surface area contributed by atoms with E-state index in [0.717, 1.165) is 76.5 Å². The van der Waals surface area contributed by atoms with Crippen LogP contribution in [0, 0.1) is 0 Å². The fraction of sp³-hybridized carbons (Fsp3) is 0.917. The number of oxime groups is 2. The van der Waals surface area contributed by atoms with E-state index in [1.54, 1.807) is 14.2 Å². The van der Waals surface area contributed by atoms with Gasteiger partial charge in [-0.3, -0.25) is 0 Å². The van der Waals surface area contributed by atoms with Gasteiger partial charge in [-0.2, -0.15) is 0 Å². The number of unbranched alkanes of at least 4 members (excludes halogenated alkanes) is 6. The number of likely N-dealkylation sites (tertiary alicyclic amines) is 2. The van der Waals surface area contributed by atoms with Crippen molar-refractivity contribution in [2.24, 2.45) is 10.3 Å². The van der Waals surface area contributed by atoms with Crippen LogP contribution in [0.15, 0.2) is 10.3 Å². The minimum Gasteiger partial charge on any atom is -0.411 e. The monoisotopic (exact) mass is 456 g/mol. The highest BCUT2D eigenvalue weighted by Crippen LogP contribution is 2.10. The third-order valence-corrected chi connectivity index (χ3v) is 6.29. The molecule has 2 heterocycles. The molecule has 2 fully saturated rings. The molecule has 0 radical (unpaired) electrons. The van der Waals surface area contributed by atoms with Gasteiger partial charge in [0, 0.05) is 79.3 Å². The van der Waals surface area contributed by atoms with Gasteiger partial charge in [0.1, 0.15) is 0 Å². The number of nitrogens with zero attached hydrogens (tertiary/aromatic N) is 4. The summed E-state index contributed by atoms with van der Waals surface area (Å²) in [6.45, 7) is 8.36. The molecular formula is C24H48N4O4. The summed E-state index contributed by atoms with van der Waals surface area (Å²) in [5, 5.41) is 23.8. The van der Waals surface area contributed by atoms with Crippen molar-refractivity contribution in [1.82, 2.24) is 9.80 Å². The van der Waals surface area contributed by atoms with Crippen molar-refractivity contribution < 1.29 is 19.9 Å². The summed E-state index contributed by atoms with van der Waals surface area (Å²) in [4.78, 5) is 4.93. The predicted molar refractivity (Wildman–Crippen MR) is 130 cm³/mol. The fourth-order valence-electron chi connectivity index (χ4n) is 4.14. The minimum absolute atomic E-state index is 0.889. The lowest BCUT2D eigenvalue weighted by Gasteiger charge is -2.26. The topological polar surface area (TPSA) is 90.1 Å². The summed E-state index contributed by atoms with van der Waals surface area (Å²) in [5.74, 6) is 0.